The summed E-state index contributed by atoms with van der Waals surface area (Å²) in [7, 11) is 0. The van der Waals surface area contributed by atoms with E-state index in [4.69, 9.17) is 9.72 Å². The summed E-state index contributed by atoms with van der Waals surface area (Å²) in [5.74, 6) is 0.464. The third-order valence-electron chi connectivity index (χ3n) is 4.77. The number of rotatable bonds is 5. The number of hydrogen-bond donors (Lipinski definition) is 1. The first-order chi connectivity index (χ1) is 12.6. The molecule has 0 atom stereocenters. The molecule has 26 heavy (non-hydrogen) atoms. The van der Waals surface area contributed by atoms with E-state index in [0.29, 0.717) is 6.61 Å². The molecule has 1 amide bonds. The number of esters is 1. The molecule has 0 unspecified atom stereocenters. The molecule has 0 saturated carbocycles. The molecule has 1 aliphatic rings. The van der Waals surface area contributed by atoms with Gasteiger partial charge in [0.1, 0.15) is 12.4 Å². The van der Waals surface area contributed by atoms with Gasteiger partial charge in [0.05, 0.1) is 12.1 Å². The predicted octanol–water partition coefficient (Wildman–Crippen LogP) is 2.44. The molecule has 0 spiro atoms. The molecule has 1 N–H and O–H groups in total. The van der Waals surface area contributed by atoms with Crippen LogP contribution in [0.4, 0.5) is 5.82 Å². The molecule has 1 fully saturated rings. The van der Waals surface area contributed by atoms with Crippen molar-refractivity contribution in [1.82, 2.24) is 10.3 Å². The number of nitrogens with one attached hydrogen (secondary N) is 1. The smallest absolute Gasteiger partial charge is 0.325 e. The molecule has 138 valence electrons. The number of carbonyl (C=O) groups excluding carboxylic acids is 2. The quantitative estimate of drug-likeness (QED) is 0.834. The van der Waals surface area contributed by atoms with E-state index in [1.807, 2.05) is 18.2 Å². The van der Waals surface area contributed by atoms with Crippen LogP contribution in [0.1, 0.15) is 25.3 Å². The first-order valence-corrected chi connectivity index (χ1v) is 9.13. The molecule has 0 aliphatic carbocycles. The summed E-state index contributed by atoms with van der Waals surface area (Å²) in [6, 6.07) is 10.3. The van der Waals surface area contributed by atoms with E-state index in [9.17, 15) is 9.59 Å². The van der Waals surface area contributed by atoms with Crippen LogP contribution in [0, 0.1) is 12.8 Å². The minimum atomic E-state index is -0.394. The Bertz CT molecular complexity index is 798. The van der Waals surface area contributed by atoms with Gasteiger partial charge in [0.25, 0.3) is 0 Å². The van der Waals surface area contributed by atoms with E-state index < -0.39 is 5.97 Å². The van der Waals surface area contributed by atoms with E-state index in [2.05, 4.69) is 29.3 Å². The summed E-state index contributed by atoms with van der Waals surface area (Å²) in [5, 5.41) is 3.82. The van der Waals surface area contributed by atoms with Crippen LogP contribution in [-0.2, 0) is 14.3 Å². The lowest BCUT2D eigenvalue weighted by Gasteiger charge is -2.33. The van der Waals surface area contributed by atoms with Gasteiger partial charge in [-0.25, -0.2) is 4.98 Å². The zero-order valence-corrected chi connectivity index (χ0v) is 15.3. The number of aromatic nitrogens is 1. The zero-order chi connectivity index (χ0) is 18.5. The van der Waals surface area contributed by atoms with E-state index in [1.165, 1.54) is 0 Å². The van der Waals surface area contributed by atoms with Crippen molar-refractivity contribution in [2.24, 2.45) is 5.92 Å². The van der Waals surface area contributed by atoms with Crippen LogP contribution in [0.3, 0.4) is 0 Å². The summed E-state index contributed by atoms with van der Waals surface area (Å²) in [4.78, 5) is 30.7. The maximum absolute atomic E-state index is 12.2. The lowest BCUT2D eigenvalue weighted by molar-refractivity contribution is -0.143. The van der Waals surface area contributed by atoms with Crippen LogP contribution in [0.5, 0.6) is 0 Å². The highest BCUT2D eigenvalue weighted by Gasteiger charge is 2.26. The molecule has 0 radical (unpaired) electrons. The number of benzene rings is 1. The maximum atomic E-state index is 12.2. The zero-order valence-electron chi connectivity index (χ0n) is 15.3. The van der Waals surface area contributed by atoms with Crippen LogP contribution in [0.2, 0.25) is 0 Å². The van der Waals surface area contributed by atoms with Crippen molar-refractivity contribution in [3.05, 3.63) is 35.9 Å². The second-order valence-corrected chi connectivity index (χ2v) is 6.61. The van der Waals surface area contributed by atoms with Crippen molar-refractivity contribution in [2.45, 2.75) is 26.7 Å². The number of para-hydroxylation sites is 1. The largest absolute Gasteiger partial charge is 0.465 e. The van der Waals surface area contributed by atoms with Crippen molar-refractivity contribution in [2.75, 3.05) is 31.1 Å². The Kier molecular flexibility index (Phi) is 5.71. The number of piperidine rings is 1. The van der Waals surface area contributed by atoms with Crippen molar-refractivity contribution in [3.8, 4) is 0 Å². The number of amides is 1. The number of aryl methyl sites for hydroxylation is 1. The molecular formula is C20H25N3O3. The Balaban J connectivity index is 1.59. The van der Waals surface area contributed by atoms with Gasteiger partial charge in [0.2, 0.25) is 5.91 Å². The second kappa shape index (κ2) is 8.17. The van der Waals surface area contributed by atoms with Crippen molar-refractivity contribution < 1.29 is 14.3 Å². The average molecular weight is 355 g/mol. The minimum absolute atomic E-state index is 0.0573. The summed E-state index contributed by atoms with van der Waals surface area (Å²) in [5.41, 5.74) is 2.14. The Morgan fingerprint density at radius 3 is 2.73 bits per heavy atom. The highest BCUT2D eigenvalue weighted by Crippen LogP contribution is 2.27. The number of carbonyl (C=O) groups is 2. The first-order valence-electron chi connectivity index (χ1n) is 9.13. The van der Waals surface area contributed by atoms with Gasteiger partial charge in [-0.3, -0.25) is 9.59 Å². The number of ether oxygens (including phenoxy) is 1. The third kappa shape index (κ3) is 4.12. The van der Waals surface area contributed by atoms with E-state index in [0.717, 1.165) is 48.2 Å². The molecule has 1 aliphatic heterocycles. The molecule has 6 heteroatoms. The lowest BCUT2D eigenvalue weighted by atomic mass is 9.95. The van der Waals surface area contributed by atoms with Gasteiger partial charge in [-0.2, -0.15) is 0 Å². The monoisotopic (exact) mass is 355 g/mol. The highest BCUT2D eigenvalue weighted by molar-refractivity contribution is 5.84. The van der Waals surface area contributed by atoms with Gasteiger partial charge in [-0.15, -0.1) is 0 Å². The fraction of sp³-hybridized carbons (Fsp3) is 0.450. The number of fused-ring (bicyclic) bond motifs is 1. The van der Waals surface area contributed by atoms with Crippen molar-refractivity contribution >= 4 is 28.6 Å². The summed E-state index contributed by atoms with van der Waals surface area (Å²) in [6.07, 6.45) is 1.51. The van der Waals surface area contributed by atoms with E-state index in [-0.39, 0.29) is 18.4 Å². The first kappa shape index (κ1) is 18.2. The Morgan fingerprint density at radius 1 is 1.27 bits per heavy atom. The highest BCUT2D eigenvalue weighted by atomic mass is 16.5. The molecule has 2 heterocycles. The van der Waals surface area contributed by atoms with Crippen LogP contribution in [0.25, 0.3) is 10.9 Å². The fourth-order valence-electron chi connectivity index (χ4n) is 3.40. The van der Waals surface area contributed by atoms with Gasteiger partial charge in [-0.1, -0.05) is 18.2 Å². The van der Waals surface area contributed by atoms with Gasteiger partial charge < -0.3 is 15.0 Å². The summed E-state index contributed by atoms with van der Waals surface area (Å²) < 4.78 is 4.83. The number of hydrogen-bond acceptors (Lipinski definition) is 5. The van der Waals surface area contributed by atoms with Gasteiger partial charge in [-0.05, 0) is 44.4 Å². The molecule has 1 aromatic heterocycles. The maximum Gasteiger partial charge on any atom is 0.325 e. The van der Waals surface area contributed by atoms with E-state index >= 15 is 0 Å². The number of pyridine rings is 1. The van der Waals surface area contributed by atoms with Gasteiger partial charge in [0.15, 0.2) is 0 Å². The SMILES string of the molecule is CCOC(=O)CNC(=O)C1CCN(c2nc3ccccc3cc2C)CC1. The molecule has 2 aromatic rings. The average Bonchev–Trinajstić information content (AvgIpc) is 2.66. The van der Waals surface area contributed by atoms with Crippen LogP contribution >= 0.6 is 0 Å². The van der Waals surface area contributed by atoms with Gasteiger partial charge >= 0.3 is 5.97 Å². The molecule has 6 nitrogen and oxygen atoms in total. The van der Waals surface area contributed by atoms with Crippen LogP contribution in [-0.4, -0.2) is 43.1 Å². The summed E-state index contributed by atoms with van der Waals surface area (Å²) in [6.45, 7) is 5.65. The predicted molar refractivity (Wildman–Crippen MR) is 101 cm³/mol. The Hall–Kier alpha value is -2.63. The molecule has 0 bridgehead atoms. The standard InChI is InChI=1S/C20H25N3O3/c1-3-26-18(24)13-21-20(25)15-8-10-23(11-9-15)19-14(2)12-16-6-4-5-7-17(16)22-19/h4-7,12,15H,3,8-11,13H2,1-2H3,(H,21,25). The minimum Gasteiger partial charge on any atom is -0.465 e. The molecule has 1 aromatic carbocycles. The normalized spacial score (nSPS) is 15.1. The van der Waals surface area contributed by atoms with Crippen molar-refractivity contribution in [1.29, 1.82) is 0 Å². The van der Waals surface area contributed by atoms with Crippen LogP contribution < -0.4 is 10.2 Å². The fourth-order valence-corrected chi connectivity index (χ4v) is 3.40. The molecule has 3 rings (SSSR count). The Morgan fingerprint density at radius 2 is 2.00 bits per heavy atom. The molecular weight excluding hydrogens is 330 g/mol. The second-order valence-electron chi connectivity index (χ2n) is 6.61. The van der Waals surface area contributed by atoms with E-state index in [1.54, 1.807) is 6.92 Å². The summed E-state index contributed by atoms with van der Waals surface area (Å²) >= 11 is 0. The third-order valence-corrected chi connectivity index (χ3v) is 4.77. The molecule has 1 saturated heterocycles. The lowest BCUT2D eigenvalue weighted by Crippen LogP contribution is -2.42. The number of anilines is 1. The van der Waals surface area contributed by atoms with Crippen LogP contribution in [0.15, 0.2) is 30.3 Å². The van der Waals surface area contributed by atoms with Crippen molar-refractivity contribution in [3.63, 3.8) is 0 Å². The topological polar surface area (TPSA) is 71.5 Å². The Labute approximate surface area is 153 Å². The van der Waals surface area contributed by atoms with Gasteiger partial charge in [0, 0.05) is 24.4 Å². The number of nitrogens with zero attached hydrogens (tertiary/aromatic N) is 2.